The minimum Gasteiger partial charge on any atom is -0.493 e. The number of benzene rings is 1. The molecule has 0 bridgehead atoms. The number of hydrogen-bond donors (Lipinski definition) is 2. The van der Waals surface area contributed by atoms with Crippen molar-refractivity contribution in [1.29, 1.82) is 0 Å². The first kappa shape index (κ1) is 14.2. The van der Waals surface area contributed by atoms with E-state index in [0.717, 1.165) is 31.2 Å². The van der Waals surface area contributed by atoms with E-state index in [9.17, 15) is 10.2 Å². The van der Waals surface area contributed by atoms with Gasteiger partial charge in [-0.15, -0.1) is 0 Å². The van der Waals surface area contributed by atoms with Gasteiger partial charge in [0, 0.05) is 0 Å². The van der Waals surface area contributed by atoms with Gasteiger partial charge in [-0.2, -0.15) is 0 Å². The van der Waals surface area contributed by atoms with Gasteiger partial charge in [-0.3, -0.25) is 0 Å². The number of hydrogen-bond acceptors (Lipinski definition) is 4. The van der Waals surface area contributed by atoms with Crippen LogP contribution in [0.15, 0.2) is 18.2 Å². The summed E-state index contributed by atoms with van der Waals surface area (Å²) in [6, 6.07) is 5.35. The van der Waals surface area contributed by atoms with Crippen LogP contribution in [0.3, 0.4) is 0 Å². The normalized spacial score (nSPS) is 19.2. The van der Waals surface area contributed by atoms with E-state index in [0.29, 0.717) is 11.5 Å². The molecule has 19 heavy (non-hydrogen) atoms. The van der Waals surface area contributed by atoms with E-state index in [4.69, 9.17) is 9.47 Å². The summed E-state index contributed by atoms with van der Waals surface area (Å²) < 4.78 is 11.0. The van der Waals surface area contributed by atoms with E-state index in [-0.39, 0.29) is 6.61 Å². The smallest absolute Gasteiger partial charge is 0.161 e. The molecule has 1 aliphatic carbocycles. The van der Waals surface area contributed by atoms with Crippen molar-refractivity contribution in [3.63, 3.8) is 0 Å². The maximum Gasteiger partial charge on any atom is 0.161 e. The van der Waals surface area contributed by atoms with Gasteiger partial charge in [0.25, 0.3) is 0 Å². The van der Waals surface area contributed by atoms with E-state index < -0.39 is 11.7 Å². The molecule has 1 aromatic carbocycles. The molecule has 0 aromatic heterocycles. The molecule has 1 aromatic rings. The van der Waals surface area contributed by atoms with Gasteiger partial charge in [0.15, 0.2) is 11.5 Å². The van der Waals surface area contributed by atoms with E-state index in [1.807, 2.05) is 0 Å². The zero-order chi connectivity index (χ0) is 13.9. The molecular formula is C15H22O4. The Bertz CT molecular complexity index is 422. The zero-order valence-electron chi connectivity index (χ0n) is 11.6. The largest absolute Gasteiger partial charge is 0.493 e. The second-order valence-electron chi connectivity index (χ2n) is 5.31. The lowest BCUT2D eigenvalue weighted by Crippen LogP contribution is -2.32. The Kier molecular flexibility index (Phi) is 4.32. The summed E-state index contributed by atoms with van der Waals surface area (Å²) in [6.07, 6.45) is 3.15. The molecule has 0 amide bonds. The lowest BCUT2D eigenvalue weighted by atomic mass is 10.0. The first-order valence-corrected chi connectivity index (χ1v) is 6.75. The number of rotatable bonds is 5. The van der Waals surface area contributed by atoms with Gasteiger partial charge in [-0.25, -0.2) is 0 Å². The van der Waals surface area contributed by atoms with Gasteiger partial charge in [0.05, 0.1) is 18.8 Å². The van der Waals surface area contributed by atoms with Gasteiger partial charge in [0.2, 0.25) is 0 Å². The van der Waals surface area contributed by atoms with Crippen LogP contribution < -0.4 is 9.47 Å². The molecular weight excluding hydrogens is 244 g/mol. The van der Waals surface area contributed by atoms with Crippen molar-refractivity contribution >= 4 is 0 Å². The first-order valence-electron chi connectivity index (χ1n) is 6.75. The predicted octanol–water partition coefficient (Wildman–Crippen LogP) is 2.43. The highest BCUT2D eigenvalue weighted by Crippen LogP contribution is 2.34. The average molecular weight is 266 g/mol. The molecule has 1 saturated carbocycles. The number of methoxy groups -OCH3 is 1. The Balaban J connectivity index is 2.07. The first-order chi connectivity index (χ1) is 9.04. The standard InChI is InChI=1S/C15H22O4/c1-11(16)12-5-6-13(14(9-12)18-2)19-10-15(17)7-3-4-8-15/h5-6,9,11,16-17H,3-4,7-8,10H2,1-2H3/t11-/m1/s1. The van der Waals surface area contributed by atoms with Crippen molar-refractivity contribution < 1.29 is 19.7 Å². The number of ether oxygens (including phenoxy) is 2. The minimum absolute atomic E-state index is 0.289. The molecule has 0 aliphatic heterocycles. The second kappa shape index (κ2) is 5.80. The third kappa shape index (κ3) is 3.39. The maximum absolute atomic E-state index is 10.3. The fourth-order valence-electron chi connectivity index (χ4n) is 2.45. The van der Waals surface area contributed by atoms with Crippen LogP contribution in [-0.2, 0) is 0 Å². The molecule has 4 nitrogen and oxygen atoms in total. The molecule has 2 rings (SSSR count). The van der Waals surface area contributed by atoms with Crippen molar-refractivity contribution in [1.82, 2.24) is 0 Å². The Labute approximate surface area is 114 Å². The van der Waals surface area contributed by atoms with Gasteiger partial charge in [0.1, 0.15) is 6.61 Å². The summed E-state index contributed by atoms with van der Waals surface area (Å²) in [7, 11) is 1.57. The van der Waals surface area contributed by atoms with Crippen molar-refractivity contribution in [3.05, 3.63) is 23.8 Å². The molecule has 4 heteroatoms. The van der Waals surface area contributed by atoms with E-state index in [2.05, 4.69) is 0 Å². The summed E-state index contributed by atoms with van der Waals surface area (Å²) in [5.74, 6) is 1.19. The molecule has 1 aliphatic rings. The highest BCUT2D eigenvalue weighted by atomic mass is 16.5. The van der Waals surface area contributed by atoms with Gasteiger partial charge < -0.3 is 19.7 Å². The molecule has 0 saturated heterocycles. The Morgan fingerprint density at radius 1 is 1.26 bits per heavy atom. The van der Waals surface area contributed by atoms with Crippen molar-refractivity contribution in [2.45, 2.75) is 44.3 Å². The molecule has 1 fully saturated rings. The lowest BCUT2D eigenvalue weighted by Gasteiger charge is -2.23. The van der Waals surface area contributed by atoms with Crippen molar-refractivity contribution in [3.8, 4) is 11.5 Å². The Morgan fingerprint density at radius 3 is 2.53 bits per heavy atom. The lowest BCUT2D eigenvalue weighted by molar-refractivity contribution is 0.000708. The Morgan fingerprint density at radius 2 is 1.95 bits per heavy atom. The third-order valence-electron chi connectivity index (χ3n) is 3.70. The van der Waals surface area contributed by atoms with Crippen molar-refractivity contribution in [2.75, 3.05) is 13.7 Å². The van der Waals surface area contributed by atoms with Crippen LogP contribution in [0, 0.1) is 0 Å². The maximum atomic E-state index is 10.3. The van der Waals surface area contributed by atoms with Gasteiger partial charge >= 0.3 is 0 Å². The van der Waals surface area contributed by atoms with Crippen LogP contribution in [0.2, 0.25) is 0 Å². The molecule has 0 unspecified atom stereocenters. The van der Waals surface area contributed by atoms with Crippen molar-refractivity contribution in [2.24, 2.45) is 0 Å². The van der Waals surface area contributed by atoms with Crippen LogP contribution in [0.4, 0.5) is 0 Å². The van der Waals surface area contributed by atoms with E-state index in [1.165, 1.54) is 0 Å². The SMILES string of the molecule is COc1cc([C@@H](C)O)ccc1OCC1(O)CCCC1. The highest BCUT2D eigenvalue weighted by molar-refractivity contribution is 5.43. The average Bonchev–Trinajstić information content (AvgIpc) is 2.83. The molecule has 1 atom stereocenters. The van der Waals surface area contributed by atoms with E-state index >= 15 is 0 Å². The summed E-state index contributed by atoms with van der Waals surface area (Å²) >= 11 is 0. The molecule has 2 N–H and O–H groups in total. The van der Waals surface area contributed by atoms with Crippen LogP contribution in [0.25, 0.3) is 0 Å². The van der Waals surface area contributed by atoms with Crippen LogP contribution in [-0.4, -0.2) is 29.5 Å². The monoisotopic (exact) mass is 266 g/mol. The highest BCUT2D eigenvalue weighted by Gasteiger charge is 2.32. The molecule has 0 radical (unpaired) electrons. The minimum atomic E-state index is -0.700. The zero-order valence-corrected chi connectivity index (χ0v) is 11.6. The quantitative estimate of drug-likeness (QED) is 0.859. The van der Waals surface area contributed by atoms with Crippen LogP contribution >= 0.6 is 0 Å². The Hall–Kier alpha value is -1.26. The van der Waals surface area contributed by atoms with E-state index in [1.54, 1.807) is 32.2 Å². The molecule has 106 valence electrons. The van der Waals surface area contributed by atoms with Gasteiger partial charge in [-0.05, 0) is 37.5 Å². The fourth-order valence-corrected chi connectivity index (χ4v) is 2.45. The van der Waals surface area contributed by atoms with Crippen LogP contribution in [0.1, 0.15) is 44.3 Å². The topological polar surface area (TPSA) is 58.9 Å². The fraction of sp³-hybridized carbons (Fsp3) is 0.600. The predicted molar refractivity (Wildman–Crippen MR) is 72.5 cm³/mol. The summed E-state index contributed by atoms with van der Waals surface area (Å²) in [4.78, 5) is 0. The van der Waals surface area contributed by atoms with Crippen LogP contribution in [0.5, 0.6) is 11.5 Å². The third-order valence-corrected chi connectivity index (χ3v) is 3.70. The number of aliphatic hydroxyl groups excluding tert-OH is 1. The molecule has 0 heterocycles. The molecule has 0 spiro atoms. The van der Waals surface area contributed by atoms with Gasteiger partial charge in [-0.1, -0.05) is 18.9 Å². The summed E-state index contributed by atoms with van der Waals surface area (Å²) in [6.45, 7) is 1.99. The summed E-state index contributed by atoms with van der Waals surface area (Å²) in [5.41, 5.74) is 0.0808. The number of aliphatic hydroxyl groups is 2. The summed E-state index contributed by atoms with van der Waals surface area (Å²) in [5, 5.41) is 19.8. The second-order valence-corrected chi connectivity index (χ2v) is 5.31.